The van der Waals surface area contributed by atoms with Crippen LogP contribution in [0.15, 0.2) is 35.2 Å². The van der Waals surface area contributed by atoms with Crippen molar-refractivity contribution >= 4 is 38.2 Å². The largest absolute Gasteiger partial charge is 0.0878 e. The zero-order chi connectivity index (χ0) is 7.40. The highest BCUT2D eigenvalue weighted by atomic mass is 127. The fourth-order valence-corrected chi connectivity index (χ4v) is 4.48. The molecule has 0 spiro atoms. The van der Waals surface area contributed by atoms with Crippen LogP contribution in [0.5, 0.6) is 0 Å². The van der Waals surface area contributed by atoms with Gasteiger partial charge in [-0.2, -0.15) is 0 Å². The molecule has 0 saturated heterocycles. The van der Waals surface area contributed by atoms with E-state index in [9.17, 15) is 0 Å². The Balaban J connectivity index is 2.59. The first-order valence-corrected chi connectivity index (χ1v) is 8.91. The monoisotopic (exact) mass is 282 g/mol. The van der Waals surface area contributed by atoms with Crippen LogP contribution in [-0.2, 0) is 0 Å². The van der Waals surface area contributed by atoms with E-state index in [1.54, 1.807) is 0 Å². The molecule has 10 heavy (non-hydrogen) atoms. The van der Waals surface area contributed by atoms with Crippen LogP contribution in [0, 0.1) is 0 Å². The van der Waals surface area contributed by atoms with Crippen molar-refractivity contribution in [1.29, 1.82) is 0 Å². The third-order valence-electron chi connectivity index (χ3n) is 0.974. The van der Waals surface area contributed by atoms with Crippen molar-refractivity contribution in [3.05, 3.63) is 30.3 Å². The van der Waals surface area contributed by atoms with E-state index in [1.165, 1.54) is 4.90 Å². The summed E-state index contributed by atoms with van der Waals surface area (Å²) in [6.45, 7) is 2.26. The Labute approximate surface area is 79.8 Å². The third kappa shape index (κ3) is 3.22. The molecule has 0 aromatic heterocycles. The van der Waals surface area contributed by atoms with Gasteiger partial charge in [0.15, 0.2) is 0 Å². The first-order valence-electron chi connectivity index (χ1n) is 2.91. The predicted molar refractivity (Wildman–Crippen MR) is 59.2 cm³/mol. The maximum absolute atomic E-state index is 2.47. The van der Waals surface area contributed by atoms with Gasteiger partial charge in [0.25, 0.3) is 0 Å². The van der Waals surface area contributed by atoms with E-state index in [0.29, 0.717) is 0 Å². The van der Waals surface area contributed by atoms with Crippen molar-refractivity contribution in [3.63, 3.8) is 0 Å². The number of hydrogen-bond donors (Lipinski definition) is 0. The van der Waals surface area contributed by atoms with Gasteiger partial charge in [0, 0.05) is 9.66 Å². The second-order valence-corrected chi connectivity index (χ2v) is 11.8. The molecule has 0 radical (unpaired) electrons. The van der Waals surface area contributed by atoms with Crippen molar-refractivity contribution < 1.29 is 0 Å². The highest BCUT2D eigenvalue weighted by molar-refractivity contribution is 14.2. The smallest absolute Gasteiger partial charge is 0.0207 e. The summed E-state index contributed by atoms with van der Waals surface area (Å²) < 4.78 is 0.110. The topological polar surface area (TPSA) is 0 Å². The van der Waals surface area contributed by atoms with E-state index in [1.807, 2.05) is 11.4 Å². The Bertz CT molecular complexity index is 188. The fourth-order valence-electron chi connectivity index (χ4n) is 0.627. The molecule has 1 atom stereocenters. The van der Waals surface area contributed by atoms with Gasteiger partial charge in [0.05, 0.1) is 0 Å². The molecule has 1 rings (SSSR count). The minimum atomic E-state index is 0.110. The zero-order valence-electron chi connectivity index (χ0n) is 5.62. The molecule has 3 heteroatoms. The Hall–Kier alpha value is 0.730. The lowest BCUT2D eigenvalue weighted by atomic mass is 10.4. The quantitative estimate of drug-likeness (QED) is 0.580. The Morgan fingerprint density at radius 3 is 2.40 bits per heavy atom. The van der Waals surface area contributed by atoms with Crippen LogP contribution in [0.25, 0.3) is 0 Å². The number of hydrogen-bond acceptors (Lipinski definition) is 1. The maximum Gasteiger partial charge on any atom is 0.0207 e. The lowest BCUT2D eigenvalue weighted by Gasteiger charge is -2.00. The van der Waals surface area contributed by atoms with Gasteiger partial charge < -0.3 is 0 Å². The summed E-state index contributed by atoms with van der Waals surface area (Å²) in [5.41, 5.74) is 0. The van der Waals surface area contributed by atoms with Crippen LogP contribution in [0.4, 0.5) is 0 Å². The molecule has 0 saturated carbocycles. The minimum absolute atomic E-state index is 0.110. The van der Waals surface area contributed by atoms with E-state index >= 15 is 0 Å². The Morgan fingerprint density at radius 2 is 1.90 bits per heavy atom. The third-order valence-corrected chi connectivity index (χ3v) is 4.87. The van der Waals surface area contributed by atoms with Crippen molar-refractivity contribution in [2.45, 2.75) is 4.90 Å². The normalized spacial score (nSPS) is 13.0. The lowest BCUT2D eigenvalue weighted by Crippen LogP contribution is -1.62. The number of benzene rings is 1. The van der Waals surface area contributed by atoms with E-state index in [-0.39, 0.29) is 4.77 Å². The standard InChI is InChI=1S/C7H8IPS/c1-9(8)10-7-5-3-2-4-6-7/h2-6H,1H3. The fraction of sp³-hybridized carbons (Fsp3) is 0.143. The van der Waals surface area contributed by atoms with Crippen LogP contribution in [0.1, 0.15) is 0 Å². The summed E-state index contributed by atoms with van der Waals surface area (Å²) in [4.78, 5) is 1.38. The van der Waals surface area contributed by atoms with Gasteiger partial charge in [-0.3, -0.25) is 0 Å². The van der Waals surface area contributed by atoms with E-state index in [4.69, 9.17) is 0 Å². The first kappa shape index (κ1) is 8.82. The van der Waals surface area contributed by atoms with Crippen molar-refractivity contribution in [1.82, 2.24) is 0 Å². The van der Waals surface area contributed by atoms with Crippen LogP contribution in [0.3, 0.4) is 0 Å². The number of halogens is 1. The maximum atomic E-state index is 2.47. The van der Waals surface area contributed by atoms with Gasteiger partial charge in [-0.15, -0.1) is 0 Å². The molecule has 0 N–H and O–H groups in total. The summed E-state index contributed by atoms with van der Waals surface area (Å²) in [5.74, 6) is 0. The average molecular weight is 282 g/mol. The van der Waals surface area contributed by atoms with Crippen molar-refractivity contribution in [3.8, 4) is 0 Å². The molecule has 0 nitrogen and oxygen atoms in total. The highest BCUT2D eigenvalue weighted by Gasteiger charge is 1.95. The summed E-state index contributed by atoms with van der Waals surface area (Å²) in [5, 5.41) is 0. The molecule has 1 aromatic rings. The van der Waals surface area contributed by atoms with Crippen LogP contribution < -0.4 is 0 Å². The van der Waals surface area contributed by atoms with Crippen molar-refractivity contribution in [2.75, 3.05) is 6.66 Å². The average Bonchev–Trinajstić information content (AvgIpc) is 1.88. The zero-order valence-corrected chi connectivity index (χ0v) is 9.49. The van der Waals surface area contributed by atoms with Crippen LogP contribution in [-0.4, -0.2) is 6.66 Å². The molecule has 1 aromatic carbocycles. The Morgan fingerprint density at radius 1 is 1.30 bits per heavy atom. The SMILES string of the molecule is CP(I)Sc1ccccc1. The first-order chi connectivity index (χ1) is 4.79. The molecule has 0 aliphatic heterocycles. The molecule has 0 bridgehead atoms. The van der Waals surface area contributed by atoms with E-state index in [0.717, 1.165) is 0 Å². The molecular weight excluding hydrogens is 274 g/mol. The van der Waals surface area contributed by atoms with Crippen LogP contribution >= 0.6 is 38.2 Å². The summed E-state index contributed by atoms with van der Waals surface area (Å²) in [6, 6.07) is 10.5. The summed E-state index contributed by atoms with van der Waals surface area (Å²) in [6.07, 6.45) is 0. The molecular formula is C7H8IPS. The second-order valence-electron chi connectivity index (χ2n) is 1.82. The Kier molecular flexibility index (Phi) is 4.04. The summed E-state index contributed by atoms with van der Waals surface area (Å²) in [7, 11) is 0. The molecule has 0 heterocycles. The van der Waals surface area contributed by atoms with Gasteiger partial charge in [-0.25, -0.2) is 0 Å². The predicted octanol–water partition coefficient (Wildman–Crippen LogP) is 4.16. The molecule has 1 unspecified atom stereocenters. The molecule has 0 aliphatic rings. The van der Waals surface area contributed by atoms with Gasteiger partial charge in [-0.1, -0.05) is 29.6 Å². The van der Waals surface area contributed by atoms with Crippen molar-refractivity contribution in [2.24, 2.45) is 0 Å². The molecule has 0 amide bonds. The van der Waals surface area contributed by atoms with Gasteiger partial charge in [0.2, 0.25) is 0 Å². The van der Waals surface area contributed by atoms with Crippen LogP contribution in [0.2, 0.25) is 0 Å². The highest BCUT2D eigenvalue weighted by Crippen LogP contribution is 2.57. The summed E-state index contributed by atoms with van der Waals surface area (Å²) >= 11 is 4.42. The molecule has 0 fully saturated rings. The number of rotatable bonds is 2. The van der Waals surface area contributed by atoms with Gasteiger partial charge in [-0.05, 0) is 40.8 Å². The molecule has 0 aliphatic carbocycles. The van der Waals surface area contributed by atoms with E-state index in [2.05, 4.69) is 59.0 Å². The van der Waals surface area contributed by atoms with Gasteiger partial charge >= 0.3 is 0 Å². The molecule has 54 valence electrons. The second kappa shape index (κ2) is 4.58. The minimum Gasteiger partial charge on any atom is -0.0878 e. The lowest BCUT2D eigenvalue weighted by molar-refractivity contribution is 1.48. The van der Waals surface area contributed by atoms with Gasteiger partial charge in [0.1, 0.15) is 0 Å². The van der Waals surface area contributed by atoms with E-state index < -0.39 is 0 Å².